The number of nitrogens with zero attached hydrogens (tertiary/aromatic N) is 1. The number of oxime groups is 1. The van der Waals surface area contributed by atoms with Crippen molar-refractivity contribution in [2.75, 3.05) is 13.7 Å². The molecule has 0 bridgehead atoms. The van der Waals surface area contributed by atoms with Gasteiger partial charge in [0, 0.05) is 29.4 Å². The van der Waals surface area contributed by atoms with Gasteiger partial charge in [-0.2, -0.15) is 0 Å². The molecule has 1 aromatic heterocycles. The van der Waals surface area contributed by atoms with Crippen molar-refractivity contribution in [3.8, 4) is 0 Å². The number of hydrogen-bond acceptors (Lipinski definition) is 7. The Balaban J connectivity index is 1.31. The number of nitrogens with one attached hydrogen (secondary N) is 4. The number of aromatic amines is 1. The lowest BCUT2D eigenvalue weighted by molar-refractivity contribution is -0.142. The molecule has 2 amide bonds. The zero-order valence-electron chi connectivity index (χ0n) is 19.8. The molecule has 0 radical (unpaired) electrons. The minimum absolute atomic E-state index is 0.0429. The molecule has 4 rings (SSSR count). The van der Waals surface area contributed by atoms with Crippen LogP contribution in [0.25, 0.3) is 10.9 Å². The molecule has 37 heavy (non-hydrogen) atoms. The highest BCUT2D eigenvalue weighted by Gasteiger charge is 2.28. The van der Waals surface area contributed by atoms with E-state index in [1.165, 1.54) is 6.07 Å². The lowest BCUT2D eigenvalue weighted by Crippen LogP contribution is -2.49. The summed E-state index contributed by atoms with van der Waals surface area (Å²) < 4.78 is 19.4. The van der Waals surface area contributed by atoms with Crippen LogP contribution in [-0.2, 0) is 19.2 Å². The zero-order chi connectivity index (χ0) is 26.5. The lowest BCUT2D eigenvalue weighted by atomic mass is 10.0. The number of ether oxygens (including phenoxy) is 1. The van der Waals surface area contributed by atoms with Crippen molar-refractivity contribution in [3.63, 3.8) is 0 Å². The lowest BCUT2D eigenvalue weighted by Gasteiger charge is -2.17. The Kier molecular flexibility index (Phi) is 7.47. The van der Waals surface area contributed by atoms with Crippen LogP contribution in [0.4, 0.5) is 4.39 Å². The van der Waals surface area contributed by atoms with Crippen molar-refractivity contribution < 1.29 is 28.3 Å². The molecule has 11 nitrogen and oxygen atoms in total. The molecule has 2 aromatic carbocycles. The van der Waals surface area contributed by atoms with E-state index in [4.69, 9.17) is 20.7 Å². The third kappa shape index (κ3) is 5.74. The molecule has 6 N–H and O–H groups in total. The van der Waals surface area contributed by atoms with Gasteiger partial charge < -0.3 is 30.9 Å². The number of para-hydroxylation sites is 1. The minimum atomic E-state index is -1.25. The fourth-order valence-electron chi connectivity index (χ4n) is 3.88. The van der Waals surface area contributed by atoms with Gasteiger partial charge in [-0.1, -0.05) is 41.6 Å². The monoisotopic (exact) mass is 508 g/mol. The third-order valence-corrected chi connectivity index (χ3v) is 5.84. The number of amidine groups is 1. The van der Waals surface area contributed by atoms with E-state index in [1.807, 2.05) is 0 Å². The first-order chi connectivity index (χ1) is 17.8. The maximum absolute atomic E-state index is 14.6. The van der Waals surface area contributed by atoms with Crippen molar-refractivity contribution in [1.82, 2.24) is 15.6 Å². The SMILES string of the molecule is COC(=O)C(CNC(=O)CC1CC(c2ccc(C(=N)N)cc2)=NO1)NC(=O)c1[nH]c2ccccc2c1F. The molecule has 0 fully saturated rings. The van der Waals surface area contributed by atoms with E-state index in [9.17, 15) is 18.8 Å². The van der Waals surface area contributed by atoms with E-state index in [0.29, 0.717) is 23.2 Å². The molecule has 0 saturated carbocycles. The normalized spacial score (nSPS) is 15.4. The molecule has 2 atom stereocenters. The second kappa shape index (κ2) is 10.9. The summed E-state index contributed by atoms with van der Waals surface area (Å²) in [7, 11) is 1.14. The van der Waals surface area contributed by atoms with E-state index in [1.54, 1.807) is 42.5 Å². The summed E-state index contributed by atoms with van der Waals surface area (Å²) in [5.74, 6) is -2.88. The predicted octanol–water partition coefficient (Wildman–Crippen LogP) is 1.56. The van der Waals surface area contributed by atoms with Crippen LogP contribution in [0, 0.1) is 11.2 Å². The number of amides is 2. The number of methoxy groups -OCH3 is 1. The van der Waals surface area contributed by atoms with Gasteiger partial charge >= 0.3 is 5.97 Å². The van der Waals surface area contributed by atoms with Crippen molar-refractivity contribution in [1.29, 1.82) is 5.41 Å². The molecule has 192 valence electrons. The average Bonchev–Trinajstić information content (AvgIpc) is 3.50. The number of nitrogen functional groups attached to an aromatic ring is 1. The number of aromatic nitrogens is 1. The zero-order valence-corrected chi connectivity index (χ0v) is 19.8. The van der Waals surface area contributed by atoms with Crippen LogP contribution in [0.2, 0.25) is 0 Å². The molecule has 12 heteroatoms. The van der Waals surface area contributed by atoms with Gasteiger partial charge in [-0.3, -0.25) is 15.0 Å². The van der Waals surface area contributed by atoms with Crippen LogP contribution in [0.1, 0.15) is 34.5 Å². The summed E-state index contributed by atoms with van der Waals surface area (Å²) in [6.45, 7) is -0.272. The second-order valence-electron chi connectivity index (χ2n) is 8.38. The Hall–Kier alpha value is -4.74. The summed E-state index contributed by atoms with van der Waals surface area (Å²) in [5, 5.41) is 16.7. The van der Waals surface area contributed by atoms with Crippen LogP contribution in [0.15, 0.2) is 53.7 Å². The summed E-state index contributed by atoms with van der Waals surface area (Å²) in [4.78, 5) is 45.4. The number of fused-ring (bicyclic) bond motifs is 1. The number of H-pyrrole nitrogens is 1. The first-order valence-corrected chi connectivity index (χ1v) is 11.4. The van der Waals surface area contributed by atoms with E-state index in [2.05, 4.69) is 20.8 Å². The van der Waals surface area contributed by atoms with Crippen molar-refractivity contribution in [2.45, 2.75) is 25.0 Å². The molecule has 1 aliphatic heterocycles. The molecule has 2 heterocycles. The van der Waals surface area contributed by atoms with Gasteiger partial charge in [-0.15, -0.1) is 0 Å². The molecule has 0 aliphatic carbocycles. The van der Waals surface area contributed by atoms with Gasteiger partial charge in [0.25, 0.3) is 5.91 Å². The second-order valence-corrected chi connectivity index (χ2v) is 8.38. The van der Waals surface area contributed by atoms with Crippen LogP contribution in [0.5, 0.6) is 0 Å². The molecule has 1 aliphatic rings. The number of hydrogen-bond donors (Lipinski definition) is 5. The van der Waals surface area contributed by atoms with Gasteiger partial charge in [-0.05, 0) is 17.7 Å². The van der Waals surface area contributed by atoms with Gasteiger partial charge in [0.2, 0.25) is 5.91 Å². The van der Waals surface area contributed by atoms with E-state index < -0.39 is 35.7 Å². The highest BCUT2D eigenvalue weighted by molar-refractivity contribution is 6.03. The maximum atomic E-state index is 14.6. The minimum Gasteiger partial charge on any atom is -0.467 e. The quantitative estimate of drug-likeness (QED) is 0.167. The van der Waals surface area contributed by atoms with E-state index in [-0.39, 0.29) is 29.9 Å². The highest BCUT2D eigenvalue weighted by Crippen LogP contribution is 2.21. The van der Waals surface area contributed by atoms with Gasteiger partial charge in [-0.25, -0.2) is 9.18 Å². The Bertz CT molecular complexity index is 1380. The fraction of sp³-hybridized carbons (Fsp3) is 0.240. The fourth-order valence-corrected chi connectivity index (χ4v) is 3.88. The third-order valence-electron chi connectivity index (χ3n) is 5.84. The Labute approximate surface area is 210 Å². The Morgan fingerprint density at radius 2 is 1.97 bits per heavy atom. The molecular weight excluding hydrogens is 483 g/mol. The van der Waals surface area contributed by atoms with Crippen LogP contribution >= 0.6 is 0 Å². The summed E-state index contributed by atoms with van der Waals surface area (Å²) in [5.41, 5.74) is 7.57. The van der Waals surface area contributed by atoms with Crippen molar-refractivity contribution in [3.05, 3.63) is 71.2 Å². The van der Waals surface area contributed by atoms with Crippen LogP contribution in [-0.4, -0.2) is 60.1 Å². The molecular formula is C25H25FN6O5. The van der Waals surface area contributed by atoms with Crippen LogP contribution < -0.4 is 16.4 Å². The number of carbonyl (C=O) groups excluding carboxylic acids is 3. The molecule has 0 saturated heterocycles. The first kappa shape index (κ1) is 25.4. The molecule has 0 spiro atoms. The number of nitrogens with two attached hydrogens (primary N) is 1. The van der Waals surface area contributed by atoms with Crippen molar-refractivity contribution >= 4 is 40.2 Å². The summed E-state index contributed by atoms with van der Waals surface area (Å²) >= 11 is 0. The number of benzene rings is 2. The standard InChI is InChI=1S/C25H25FN6O5/c1-36-25(35)19(31-24(34)22-21(26)16-4-2-3-5-17(16)30-22)12-29-20(33)11-15-10-18(32-37-15)13-6-8-14(9-7-13)23(27)28/h2-9,15,19,30H,10-12H2,1H3,(H3,27,28)(H,29,33)(H,31,34). The topological polar surface area (TPSA) is 172 Å². The summed E-state index contributed by atoms with van der Waals surface area (Å²) in [6, 6.07) is 12.2. The van der Waals surface area contributed by atoms with Gasteiger partial charge in [0.15, 0.2) is 5.82 Å². The highest BCUT2D eigenvalue weighted by atomic mass is 19.1. The largest absolute Gasteiger partial charge is 0.467 e. The van der Waals surface area contributed by atoms with Crippen molar-refractivity contribution in [2.24, 2.45) is 10.9 Å². The van der Waals surface area contributed by atoms with Gasteiger partial charge in [0.05, 0.1) is 19.2 Å². The Morgan fingerprint density at radius 1 is 1.24 bits per heavy atom. The Morgan fingerprint density at radius 3 is 2.65 bits per heavy atom. The number of esters is 1. The molecule has 3 aromatic rings. The van der Waals surface area contributed by atoms with E-state index in [0.717, 1.165) is 12.7 Å². The summed E-state index contributed by atoms with van der Waals surface area (Å²) in [6.07, 6.45) is -0.185. The number of rotatable bonds is 9. The smallest absolute Gasteiger partial charge is 0.330 e. The maximum Gasteiger partial charge on any atom is 0.330 e. The van der Waals surface area contributed by atoms with Crippen LogP contribution in [0.3, 0.4) is 0 Å². The first-order valence-electron chi connectivity index (χ1n) is 11.4. The number of halogens is 1. The van der Waals surface area contributed by atoms with Gasteiger partial charge in [0.1, 0.15) is 23.7 Å². The number of carbonyl (C=O) groups is 3. The predicted molar refractivity (Wildman–Crippen MR) is 133 cm³/mol. The average molecular weight is 509 g/mol. The molecule has 2 unspecified atom stereocenters. The van der Waals surface area contributed by atoms with E-state index >= 15 is 0 Å².